The summed E-state index contributed by atoms with van der Waals surface area (Å²) in [4.78, 5) is 13.8. The average Bonchev–Trinajstić information content (AvgIpc) is 2.92. The van der Waals surface area contributed by atoms with Crippen molar-refractivity contribution >= 4 is 27.8 Å². The van der Waals surface area contributed by atoms with Crippen LogP contribution in [0, 0.1) is 10.1 Å². The maximum absolute atomic E-state index is 12.0. The standard InChI is InChI=1S/C23H23N3O3/c1-4-25-14-23(22(2,3)17-11-7-8-12-18(17)24-23)29-21-19(26(27)28)13-15-9-5-6-10-16(15)20(21)25/h5-13,24H,4,14H2,1-3H3. The molecule has 148 valence electrons. The molecule has 0 aromatic heterocycles. The number of para-hydroxylation sites is 1. The second-order valence-corrected chi connectivity index (χ2v) is 8.29. The Morgan fingerprint density at radius 1 is 1.17 bits per heavy atom. The minimum Gasteiger partial charge on any atom is -0.456 e. The summed E-state index contributed by atoms with van der Waals surface area (Å²) in [5.41, 5.74) is 1.80. The fourth-order valence-corrected chi connectivity index (χ4v) is 4.79. The van der Waals surface area contributed by atoms with Crippen LogP contribution < -0.4 is 15.0 Å². The fraction of sp³-hybridized carbons (Fsp3) is 0.304. The number of nitro benzene ring substituents is 1. The smallest absolute Gasteiger partial charge is 0.313 e. The number of nitrogens with zero attached hydrogens (tertiary/aromatic N) is 2. The highest BCUT2D eigenvalue weighted by atomic mass is 16.6. The van der Waals surface area contributed by atoms with Crippen molar-refractivity contribution in [2.75, 3.05) is 23.3 Å². The van der Waals surface area contributed by atoms with Crippen LogP contribution in [0.2, 0.25) is 0 Å². The molecule has 3 aromatic carbocycles. The number of nitro groups is 1. The third-order valence-corrected chi connectivity index (χ3v) is 6.49. The second-order valence-electron chi connectivity index (χ2n) is 8.29. The van der Waals surface area contributed by atoms with Crippen molar-refractivity contribution < 1.29 is 9.66 Å². The van der Waals surface area contributed by atoms with Gasteiger partial charge in [-0.25, -0.2) is 0 Å². The first-order valence-electron chi connectivity index (χ1n) is 9.90. The van der Waals surface area contributed by atoms with E-state index in [-0.39, 0.29) is 16.0 Å². The van der Waals surface area contributed by atoms with E-state index in [1.54, 1.807) is 6.07 Å². The van der Waals surface area contributed by atoms with E-state index in [0.29, 0.717) is 12.3 Å². The number of ether oxygens (including phenoxy) is 1. The molecule has 1 spiro atoms. The molecule has 0 aliphatic carbocycles. The molecule has 1 atom stereocenters. The number of anilines is 2. The van der Waals surface area contributed by atoms with Gasteiger partial charge in [0.1, 0.15) is 0 Å². The topological polar surface area (TPSA) is 67.6 Å². The first-order valence-corrected chi connectivity index (χ1v) is 9.90. The molecule has 1 N–H and O–H groups in total. The molecule has 29 heavy (non-hydrogen) atoms. The van der Waals surface area contributed by atoms with E-state index in [2.05, 4.69) is 37.1 Å². The molecule has 3 aromatic rings. The van der Waals surface area contributed by atoms with E-state index in [0.717, 1.165) is 34.3 Å². The zero-order valence-corrected chi connectivity index (χ0v) is 16.7. The highest BCUT2D eigenvalue weighted by Crippen LogP contribution is 2.55. The lowest BCUT2D eigenvalue weighted by Crippen LogP contribution is -2.63. The summed E-state index contributed by atoms with van der Waals surface area (Å²) in [6.07, 6.45) is 0. The van der Waals surface area contributed by atoms with Crippen LogP contribution >= 0.6 is 0 Å². The van der Waals surface area contributed by atoms with E-state index < -0.39 is 5.72 Å². The molecule has 6 nitrogen and oxygen atoms in total. The van der Waals surface area contributed by atoms with Crippen LogP contribution in [0.3, 0.4) is 0 Å². The van der Waals surface area contributed by atoms with Crippen molar-refractivity contribution in [2.24, 2.45) is 0 Å². The fourth-order valence-electron chi connectivity index (χ4n) is 4.79. The van der Waals surface area contributed by atoms with Gasteiger partial charge in [-0.1, -0.05) is 42.5 Å². The average molecular weight is 389 g/mol. The molecule has 0 bridgehead atoms. The molecule has 0 fully saturated rings. The lowest BCUT2D eigenvalue weighted by molar-refractivity contribution is -0.386. The van der Waals surface area contributed by atoms with Crippen LogP contribution in [0.5, 0.6) is 5.75 Å². The quantitative estimate of drug-likeness (QED) is 0.490. The van der Waals surface area contributed by atoms with Crippen molar-refractivity contribution in [3.63, 3.8) is 0 Å². The van der Waals surface area contributed by atoms with Gasteiger partial charge in [-0.2, -0.15) is 0 Å². The highest BCUT2D eigenvalue weighted by Gasteiger charge is 2.58. The first-order chi connectivity index (χ1) is 13.9. The molecule has 1 unspecified atom stereocenters. The molecular formula is C23H23N3O3. The third-order valence-electron chi connectivity index (χ3n) is 6.49. The lowest BCUT2D eigenvalue weighted by atomic mass is 9.76. The molecule has 2 heterocycles. The van der Waals surface area contributed by atoms with Crippen molar-refractivity contribution in [3.05, 3.63) is 70.3 Å². The largest absolute Gasteiger partial charge is 0.456 e. The summed E-state index contributed by atoms with van der Waals surface area (Å²) >= 11 is 0. The summed E-state index contributed by atoms with van der Waals surface area (Å²) in [5, 5.41) is 17.4. The highest BCUT2D eigenvalue weighted by molar-refractivity contribution is 6.01. The van der Waals surface area contributed by atoms with Crippen molar-refractivity contribution in [3.8, 4) is 5.75 Å². The summed E-state index contributed by atoms with van der Waals surface area (Å²) in [6, 6.07) is 17.5. The Hall–Kier alpha value is -3.28. The van der Waals surface area contributed by atoms with E-state index in [4.69, 9.17) is 4.74 Å². The van der Waals surface area contributed by atoms with Gasteiger partial charge in [0.05, 0.1) is 22.6 Å². The molecule has 2 aliphatic rings. The van der Waals surface area contributed by atoms with Crippen molar-refractivity contribution in [1.82, 2.24) is 0 Å². The normalized spacial score (nSPS) is 21.4. The van der Waals surface area contributed by atoms with Gasteiger partial charge in [-0.05, 0) is 37.8 Å². The van der Waals surface area contributed by atoms with Gasteiger partial charge in [0.15, 0.2) is 0 Å². The van der Waals surface area contributed by atoms with E-state index >= 15 is 0 Å². The Bertz CT molecular complexity index is 1160. The van der Waals surface area contributed by atoms with Crippen LogP contribution in [0.4, 0.5) is 17.1 Å². The number of hydrogen-bond acceptors (Lipinski definition) is 5. The van der Waals surface area contributed by atoms with Crippen LogP contribution in [-0.2, 0) is 5.41 Å². The van der Waals surface area contributed by atoms with Gasteiger partial charge < -0.3 is 15.0 Å². The SMILES string of the molecule is CCN1CC2(Nc3ccccc3C2(C)C)Oc2c([N+](=O)[O-])cc3ccccc3c21. The Kier molecular flexibility index (Phi) is 3.60. The van der Waals surface area contributed by atoms with E-state index in [1.807, 2.05) is 42.5 Å². The van der Waals surface area contributed by atoms with Crippen LogP contribution in [0.1, 0.15) is 26.3 Å². The molecule has 5 rings (SSSR count). The van der Waals surface area contributed by atoms with Crippen LogP contribution in [-0.4, -0.2) is 23.7 Å². The zero-order chi connectivity index (χ0) is 20.4. The third kappa shape index (κ3) is 2.29. The molecule has 0 amide bonds. The van der Waals surface area contributed by atoms with Gasteiger partial charge in [-0.15, -0.1) is 0 Å². The molecular weight excluding hydrogens is 366 g/mol. The van der Waals surface area contributed by atoms with E-state index in [9.17, 15) is 10.1 Å². The van der Waals surface area contributed by atoms with Crippen LogP contribution in [0.15, 0.2) is 54.6 Å². The van der Waals surface area contributed by atoms with Gasteiger partial charge in [0.25, 0.3) is 0 Å². The number of nitrogens with one attached hydrogen (secondary N) is 1. The Morgan fingerprint density at radius 2 is 1.90 bits per heavy atom. The molecule has 2 aliphatic heterocycles. The van der Waals surface area contributed by atoms with Gasteiger partial charge in [-0.3, -0.25) is 10.1 Å². The maximum atomic E-state index is 12.0. The summed E-state index contributed by atoms with van der Waals surface area (Å²) in [6.45, 7) is 7.65. The summed E-state index contributed by atoms with van der Waals surface area (Å²) < 4.78 is 6.62. The Morgan fingerprint density at radius 3 is 2.62 bits per heavy atom. The Balaban J connectivity index is 1.77. The zero-order valence-electron chi connectivity index (χ0n) is 16.7. The van der Waals surface area contributed by atoms with Crippen molar-refractivity contribution in [2.45, 2.75) is 31.9 Å². The molecule has 0 saturated heterocycles. The monoisotopic (exact) mass is 389 g/mol. The maximum Gasteiger partial charge on any atom is 0.313 e. The Labute approximate surface area is 169 Å². The van der Waals surface area contributed by atoms with Crippen molar-refractivity contribution in [1.29, 1.82) is 0 Å². The summed E-state index contributed by atoms with van der Waals surface area (Å²) in [5.74, 6) is 0.343. The molecule has 6 heteroatoms. The van der Waals surface area contributed by atoms with Crippen LogP contribution in [0.25, 0.3) is 10.8 Å². The number of likely N-dealkylation sites (N-methyl/N-ethyl adjacent to an activating group) is 1. The second kappa shape index (κ2) is 5.86. The summed E-state index contributed by atoms with van der Waals surface area (Å²) in [7, 11) is 0. The predicted octanol–water partition coefficient (Wildman–Crippen LogP) is 5.07. The number of rotatable bonds is 2. The van der Waals surface area contributed by atoms with Gasteiger partial charge in [0, 0.05) is 23.7 Å². The minimum atomic E-state index is -0.799. The lowest BCUT2D eigenvalue weighted by Gasteiger charge is -2.48. The number of benzene rings is 3. The predicted molar refractivity (Wildman–Crippen MR) is 115 cm³/mol. The molecule has 0 saturated carbocycles. The number of hydrogen-bond donors (Lipinski definition) is 1. The molecule has 0 radical (unpaired) electrons. The number of fused-ring (bicyclic) bond motifs is 4. The van der Waals surface area contributed by atoms with Gasteiger partial charge in [0.2, 0.25) is 11.5 Å². The minimum absolute atomic E-state index is 0.00443. The van der Waals surface area contributed by atoms with E-state index in [1.165, 1.54) is 0 Å². The first kappa shape index (κ1) is 17.8. The van der Waals surface area contributed by atoms with Gasteiger partial charge >= 0.3 is 5.69 Å².